The number of pyridine rings is 1. The number of fused-ring (bicyclic) bond motifs is 2. The zero-order valence-electron chi connectivity index (χ0n) is 19.6. The monoisotopic (exact) mass is 516 g/mol. The minimum Gasteiger partial charge on any atom is -0.473 e. The first-order valence-corrected chi connectivity index (χ1v) is 11.9. The normalized spacial score (nSPS) is 15.5. The fourth-order valence-electron chi connectivity index (χ4n) is 4.00. The molecule has 1 aliphatic rings. The first kappa shape index (κ1) is 22.8. The average Bonchev–Trinajstić information content (AvgIpc) is 3.56. The number of halogens is 1. The zero-order chi connectivity index (χ0) is 25.4. The van der Waals surface area contributed by atoms with Gasteiger partial charge in [0.2, 0.25) is 5.88 Å². The summed E-state index contributed by atoms with van der Waals surface area (Å²) in [4.78, 5) is 26.2. The number of amides is 1. The summed E-state index contributed by atoms with van der Waals surface area (Å²) < 4.78 is 12.9. The van der Waals surface area contributed by atoms with Crippen LogP contribution < -0.4 is 20.7 Å². The van der Waals surface area contributed by atoms with Crippen molar-refractivity contribution < 1.29 is 13.9 Å². The first-order chi connectivity index (χ1) is 18.0. The quantitative estimate of drug-likeness (QED) is 0.321. The molecule has 186 valence electrons. The number of carbonyl (C=O) groups excluding carboxylic acids is 1. The largest absolute Gasteiger partial charge is 0.473 e. The third kappa shape index (κ3) is 4.64. The van der Waals surface area contributed by atoms with Gasteiger partial charge in [0.15, 0.2) is 5.65 Å². The minimum atomic E-state index is -0.321. The summed E-state index contributed by atoms with van der Waals surface area (Å²) in [5.74, 6) is 0.710. The number of hydrogen-bond acceptors (Lipinski definition) is 9. The molecule has 0 radical (unpaired) electrons. The summed E-state index contributed by atoms with van der Waals surface area (Å²) in [6.07, 6.45) is 7.64. The van der Waals surface area contributed by atoms with Gasteiger partial charge in [0.05, 0.1) is 24.0 Å². The average molecular weight is 517 g/mol. The van der Waals surface area contributed by atoms with Gasteiger partial charge >= 0.3 is 0 Å². The van der Waals surface area contributed by atoms with Crippen molar-refractivity contribution >= 4 is 40.7 Å². The number of anilines is 3. The molecule has 1 aromatic carbocycles. The number of nitrogens with zero attached hydrogens (tertiary/aromatic N) is 5. The molecular weight excluding hydrogens is 496 g/mol. The maximum Gasteiger partial charge on any atom is 0.299 e. The van der Waals surface area contributed by atoms with Gasteiger partial charge in [-0.1, -0.05) is 23.7 Å². The van der Waals surface area contributed by atoms with Gasteiger partial charge in [-0.2, -0.15) is 5.10 Å². The summed E-state index contributed by atoms with van der Waals surface area (Å²) in [7, 11) is 0. The molecule has 6 rings (SSSR count). The zero-order valence-corrected chi connectivity index (χ0v) is 20.4. The number of carbonyl (C=O) groups is 1. The molecule has 11 nitrogen and oxygen atoms in total. The van der Waals surface area contributed by atoms with Crippen LogP contribution in [0.5, 0.6) is 5.88 Å². The van der Waals surface area contributed by atoms with E-state index in [0.29, 0.717) is 40.5 Å². The summed E-state index contributed by atoms with van der Waals surface area (Å²) in [5, 5.41) is 14.2. The second kappa shape index (κ2) is 9.43. The highest BCUT2D eigenvalue weighted by molar-refractivity contribution is 6.30. The van der Waals surface area contributed by atoms with Crippen molar-refractivity contribution in [1.82, 2.24) is 29.9 Å². The Bertz CT molecular complexity index is 1580. The van der Waals surface area contributed by atoms with E-state index in [1.54, 1.807) is 16.8 Å². The van der Waals surface area contributed by atoms with E-state index in [4.69, 9.17) is 25.7 Å². The fourth-order valence-corrected chi connectivity index (χ4v) is 4.18. The second-order valence-corrected chi connectivity index (χ2v) is 8.92. The van der Waals surface area contributed by atoms with Gasteiger partial charge < -0.3 is 25.1 Å². The molecule has 37 heavy (non-hydrogen) atoms. The van der Waals surface area contributed by atoms with Crippen LogP contribution in [0.15, 0.2) is 65.8 Å². The third-order valence-electron chi connectivity index (χ3n) is 5.82. The predicted octanol–water partition coefficient (Wildman–Crippen LogP) is 4.30. The highest BCUT2D eigenvalue weighted by atomic mass is 35.5. The van der Waals surface area contributed by atoms with E-state index in [-0.39, 0.29) is 18.6 Å². The highest BCUT2D eigenvalue weighted by Gasteiger charge is 2.20. The van der Waals surface area contributed by atoms with Crippen LogP contribution in [0.25, 0.3) is 16.8 Å². The summed E-state index contributed by atoms with van der Waals surface area (Å²) in [6, 6.07) is 9.91. The lowest BCUT2D eigenvalue weighted by atomic mass is 10.1. The number of ether oxygens (including phenoxy) is 1. The van der Waals surface area contributed by atoms with Crippen LogP contribution in [0.2, 0.25) is 5.02 Å². The Morgan fingerprint density at radius 2 is 2.00 bits per heavy atom. The molecule has 5 aromatic rings. The van der Waals surface area contributed by atoms with Crippen molar-refractivity contribution in [3.63, 3.8) is 0 Å². The molecule has 5 heterocycles. The molecule has 0 saturated heterocycles. The number of hydrogen-bond donors (Lipinski definition) is 3. The molecule has 0 fully saturated rings. The predicted molar refractivity (Wildman–Crippen MR) is 137 cm³/mol. The molecular formula is C25H21ClN8O3. The molecule has 3 N–H and O–H groups in total. The maximum absolute atomic E-state index is 12.9. The molecule has 0 unspecified atom stereocenters. The van der Waals surface area contributed by atoms with Gasteiger partial charge in [-0.15, -0.1) is 0 Å². The topological polar surface area (TPSA) is 132 Å². The molecule has 2 bridgehead atoms. The van der Waals surface area contributed by atoms with E-state index < -0.39 is 0 Å². The second-order valence-electron chi connectivity index (χ2n) is 8.48. The summed E-state index contributed by atoms with van der Waals surface area (Å²) >= 11 is 6.23. The van der Waals surface area contributed by atoms with Gasteiger partial charge in [-0.05, 0) is 30.7 Å². The highest BCUT2D eigenvalue weighted by Crippen LogP contribution is 2.31. The van der Waals surface area contributed by atoms with Crippen LogP contribution in [0.3, 0.4) is 0 Å². The maximum atomic E-state index is 12.9. The van der Waals surface area contributed by atoms with Gasteiger partial charge in [-0.25, -0.2) is 19.5 Å². The fraction of sp³-hybridized carbons (Fsp3) is 0.160. The molecule has 12 heteroatoms. The Morgan fingerprint density at radius 3 is 2.81 bits per heavy atom. The van der Waals surface area contributed by atoms with Crippen LogP contribution in [0, 0.1) is 0 Å². The number of nitrogens with one attached hydrogen (secondary N) is 3. The van der Waals surface area contributed by atoms with Crippen molar-refractivity contribution in [1.29, 1.82) is 0 Å². The summed E-state index contributed by atoms with van der Waals surface area (Å²) in [6.45, 7) is 2.49. The molecule has 0 spiro atoms. The van der Waals surface area contributed by atoms with Crippen molar-refractivity contribution in [2.75, 3.05) is 17.2 Å². The Labute approximate surface area is 215 Å². The minimum absolute atomic E-state index is 0.284. The Hall–Kier alpha value is -4.64. The van der Waals surface area contributed by atoms with Crippen LogP contribution >= 0.6 is 11.6 Å². The number of benzene rings is 1. The van der Waals surface area contributed by atoms with Gasteiger partial charge in [0, 0.05) is 35.8 Å². The van der Waals surface area contributed by atoms with E-state index in [2.05, 4.69) is 31.0 Å². The van der Waals surface area contributed by atoms with Crippen LogP contribution in [-0.2, 0) is 6.54 Å². The van der Waals surface area contributed by atoms with E-state index >= 15 is 0 Å². The van der Waals surface area contributed by atoms with Crippen LogP contribution in [0.4, 0.5) is 17.5 Å². The van der Waals surface area contributed by atoms with E-state index in [1.807, 2.05) is 37.4 Å². The van der Waals surface area contributed by atoms with E-state index in [1.165, 1.54) is 18.7 Å². The molecule has 1 amide bonds. The van der Waals surface area contributed by atoms with Crippen molar-refractivity contribution in [2.45, 2.75) is 19.6 Å². The Balaban J connectivity index is 1.42. The lowest BCUT2D eigenvalue weighted by Gasteiger charge is -2.17. The van der Waals surface area contributed by atoms with Crippen LogP contribution in [0.1, 0.15) is 22.8 Å². The Kier molecular flexibility index (Phi) is 5.81. The van der Waals surface area contributed by atoms with Gasteiger partial charge in [-0.3, -0.25) is 4.79 Å². The molecule has 4 aromatic heterocycles. The number of aromatic nitrogens is 5. The smallest absolute Gasteiger partial charge is 0.299 e. The first-order valence-electron chi connectivity index (χ1n) is 11.5. The SMILES string of the molecule is C[C@H]1CNC(=O)c2cnn3cc(-c4ccc(Nc5ncco5)cc4)c(nc23)NCc2cc(Cl)cnc2O1. The molecule has 1 atom stereocenters. The molecule has 0 saturated carbocycles. The summed E-state index contributed by atoms with van der Waals surface area (Å²) in [5.41, 5.74) is 4.04. The van der Waals surface area contributed by atoms with Crippen molar-refractivity contribution in [3.05, 3.63) is 77.5 Å². The van der Waals surface area contributed by atoms with Crippen molar-refractivity contribution in [2.24, 2.45) is 0 Å². The standard InChI is InChI=1S/C25H21ClN8O3/c1-14-9-29-23(35)19-12-31-34-13-20(15-2-4-18(5-3-15)32-25-27-6-7-36-25)21(33-22(19)34)28-10-16-8-17(26)11-30-24(16)37-14/h2-8,11-14H,9-10H2,1H3,(H,27,32)(H,28,33)(H,29,35)/t14-/m0/s1. The van der Waals surface area contributed by atoms with E-state index in [9.17, 15) is 4.79 Å². The lowest BCUT2D eigenvalue weighted by Crippen LogP contribution is -2.33. The van der Waals surface area contributed by atoms with Gasteiger partial charge in [0.25, 0.3) is 11.9 Å². The number of rotatable bonds is 3. The van der Waals surface area contributed by atoms with E-state index in [0.717, 1.165) is 22.4 Å². The molecule has 1 aliphatic heterocycles. The third-order valence-corrected chi connectivity index (χ3v) is 6.03. The van der Waals surface area contributed by atoms with Gasteiger partial charge in [0.1, 0.15) is 23.7 Å². The van der Waals surface area contributed by atoms with Crippen LogP contribution in [-0.4, -0.2) is 43.1 Å². The number of oxazole rings is 1. The molecule has 0 aliphatic carbocycles. The lowest BCUT2D eigenvalue weighted by molar-refractivity contribution is 0.0932. The Morgan fingerprint density at radius 1 is 1.14 bits per heavy atom. The van der Waals surface area contributed by atoms with Crippen molar-refractivity contribution in [3.8, 4) is 17.0 Å².